The van der Waals surface area contributed by atoms with Gasteiger partial charge in [0.15, 0.2) is 0 Å². The van der Waals surface area contributed by atoms with E-state index in [9.17, 15) is 5.11 Å². The molecule has 1 atom stereocenters. The van der Waals surface area contributed by atoms with Crippen LogP contribution in [0.4, 0.5) is 0 Å². The summed E-state index contributed by atoms with van der Waals surface area (Å²) in [5.41, 5.74) is 1.64. The Labute approximate surface area is 127 Å². The van der Waals surface area contributed by atoms with Gasteiger partial charge in [-0.05, 0) is 29.0 Å². The van der Waals surface area contributed by atoms with Gasteiger partial charge in [-0.2, -0.15) is 0 Å². The standard InChI is InChI=1S/C17H16O3S/c1-19-11-7-8-13(15(9-11)20-2)17(18)14-10-21-16-6-4-3-5-12(14)16/h3-10,17-18H,1-2H3. The number of rotatable bonds is 4. The van der Waals surface area contributed by atoms with Crippen LogP contribution in [0, 0.1) is 0 Å². The summed E-state index contributed by atoms with van der Waals surface area (Å²) >= 11 is 1.63. The highest BCUT2D eigenvalue weighted by Gasteiger charge is 2.19. The molecule has 0 spiro atoms. The van der Waals surface area contributed by atoms with Gasteiger partial charge in [-0.25, -0.2) is 0 Å². The lowest BCUT2D eigenvalue weighted by atomic mass is 10.00. The molecular weight excluding hydrogens is 284 g/mol. The number of fused-ring (bicyclic) bond motifs is 1. The number of thiophene rings is 1. The summed E-state index contributed by atoms with van der Waals surface area (Å²) in [6, 6.07) is 13.5. The number of hydrogen-bond donors (Lipinski definition) is 1. The summed E-state index contributed by atoms with van der Waals surface area (Å²) in [5.74, 6) is 1.33. The molecule has 21 heavy (non-hydrogen) atoms. The van der Waals surface area contributed by atoms with Crippen LogP contribution in [0.3, 0.4) is 0 Å². The third kappa shape index (κ3) is 2.48. The molecule has 0 saturated heterocycles. The third-order valence-corrected chi connectivity index (χ3v) is 4.52. The molecule has 4 heteroatoms. The first-order chi connectivity index (χ1) is 10.2. The van der Waals surface area contributed by atoms with E-state index in [1.54, 1.807) is 31.6 Å². The molecule has 2 aromatic carbocycles. The molecule has 1 unspecified atom stereocenters. The van der Waals surface area contributed by atoms with E-state index in [2.05, 4.69) is 6.07 Å². The molecule has 0 amide bonds. The van der Waals surface area contributed by atoms with Crippen molar-refractivity contribution in [2.45, 2.75) is 6.10 Å². The van der Waals surface area contributed by atoms with Crippen molar-refractivity contribution in [3.05, 3.63) is 59.0 Å². The molecule has 3 aromatic rings. The van der Waals surface area contributed by atoms with Crippen LogP contribution >= 0.6 is 11.3 Å². The lowest BCUT2D eigenvalue weighted by molar-refractivity contribution is 0.216. The molecule has 0 fully saturated rings. The first-order valence-corrected chi connectivity index (χ1v) is 7.48. The largest absolute Gasteiger partial charge is 0.497 e. The molecule has 3 rings (SSSR count). The van der Waals surface area contributed by atoms with E-state index in [0.717, 1.165) is 16.5 Å². The molecule has 108 valence electrons. The highest BCUT2D eigenvalue weighted by Crippen LogP contribution is 2.37. The van der Waals surface area contributed by atoms with Crippen LogP contribution in [-0.4, -0.2) is 19.3 Å². The van der Waals surface area contributed by atoms with Gasteiger partial charge < -0.3 is 14.6 Å². The maximum absolute atomic E-state index is 10.7. The van der Waals surface area contributed by atoms with Crippen LogP contribution < -0.4 is 9.47 Å². The van der Waals surface area contributed by atoms with Gasteiger partial charge in [-0.1, -0.05) is 18.2 Å². The smallest absolute Gasteiger partial charge is 0.128 e. The molecule has 0 aliphatic heterocycles. The highest BCUT2D eigenvalue weighted by atomic mass is 32.1. The molecule has 1 N–H and O–H groups in total. The van der Waals surface area contributed by atoms with E-state index in [4.69, 9.17) is 9.47 Å². The first kappa shape index (κ1) is 13.9. The van der Waals surface area contributed by atoms with Crippen molar-refractivity contribution >= 4 is 21.4 Å². The van der Waals surface area contributed by atoms with Crippen LogP contribution in [0.1, 0.15) is 17.2 Å². The minimum atomic E-state index is -0.720. The molecule has 1 heterocycles. The molecule has 1 aromatic heterocycles. The Kier molecular flexibility index (Phi) is 3.82. The second kappa shape index (κ2) is 5.76. The van der Waals surface area contributed by atoms with Gasteiger partial charge >= 0.3 is 0 Å². The molecule has 0 bridgehead atoms. The molecule has 0 aliphatic rings. The van der Waals surface area contributed by atoms with Gasteiger partial charge in [0.2, 0.25) is 0 Å². The zero-order valence-corrected chi connectivity index (χ0v) is 12.7. The van der Waals surface area contributed by atoms with Crippen LogP contribution in [0.2, 0.25) is 0 Å². The Bertz CT molecular complexity index is 764. The maximum Gasteiger partial charge on any atom is 0.128 e. The van der Waals surface area contributed by atoms with Crippen molar-refractivity contribution in [2.24, 2.45) is 0 Å². The lowest BCUT2D eigenvalue weighted by Gasteiger charge is -2.15. The van der Waals surface area contributed by atoms with Crippen molar-refractivity contribution in [2.75, 3.05) is 14.2 Å². The number of benzene rings is 2. The second-order valence-corrected chi connectivity index (χ2v) is 5.61. The normalized spacial score (nSPS) is 12.3. The Morgan fingerprint density at radius 2 is 1.81 bits per heavy atom. The molecule has 0 aliphatic carbocycles. The van der Waals surface area contributed by atoms with E-state index < -0.39 is 6.10 Å². The van der Waals surface area contributed by atoms with E-state index >= 15 is 0 Å². The quantitative estimate of drug-likeness (QED) is 0.791. The SMILES string of the molecule is COc1ccc(C(O)c2csc3ccccc23)c(OC)c1. The topological polar surface area (TPSA) is 38.7 Å². The number of aliphatic hydroxyl groups is 1. The Balaban J connectivity index is 2.07. The Hall–Kier alpha value is -2.04. The molecule has 0 saturated carbocycles. The van der Waals surface area contributed by atoms with Gasteiger partial charge in [-0.15, -0.1) is 11.3 Å². The van der Waals surface area contributed by atoms with Gasteiger partial charge in [-0.3, -0.25) is 0 Å². The van der Waals surface area contributed by atoms with Gasteiger partial charge in [0.05, 0.1) is 14.2 Å². The van der Waals surface area contributed by atoms with Crippen molar-refractivity contribution in [1.82, 2.24) is 0 Å². The van der Waals surface area contributed by atoms with E-state index in [0.29, 0.717) is 11.5 Å². The third-order valence-electron chi connectivity index (χ3n) is 3.54. The predicted octanol–water partition coefficient (Wildman–Crippen LogP) is 4.00. The number of ether oxygens (including phenoxy) is 2. The zero-order valence-electron chi connectivity index (χ0n) is 11.9. The summed E-state index contributed by atoms with van der Waals surface area (Å²) in [5, 5.41) is 13.8. The summed E-state index contributed by atoms with van der Waals surface area (Å²) in [7, 11) is 3.20. The lowest BCUT2D eigenvalue weighted by Crippen LogP contribution is -2.02. The zero-order chi connectivity index (χ0) is 14.8. The van der Waals surface area contributed by atoms with Crippen LogP contribution in [0.25, 0.3) is 10.1 Å². The Morgan fingerprint density at radius 1 is 1.00 bits per heavy atom. The van der Waals surface area contributed by atoms with Gasteiger partial charge in [0.25, 0.3) is 0 Å². The monoisotopic (exact) mass is 300 g/mol. The van der Waals surface area contributed by atoms with Crippen molar-refractivity contribution < 1.29 is 14.6 Å². The Morgan fingerprint density at radius 3 is 2.57 bits per heavy atom. The van der Waals surface area contributed by atoms with Crippen molar-refractivity contribution in [3.63, 3.8) is 0 Å². The predicted molar refractivity (Wildman–Crippen MR) is 85.4 cm³/mol. The van der Waals surface area contributed by atoms with Crippen LogP contribution in [-0.2, 0) is 0 Å². The van der Waals surface area contributed by atoms with Crippen molar-refractivity contribution in [1.29, 1.82) is 0 Å². The molecule has 3 nitrogen and oxygen atoms in total. The molecular formula is C17H16O3S. The summed E-state index contributed by atoms with van der Waals surface area (Å²) in [6.07, 6.45) is -0.720. The van der Waals surface area contributed by atoms with Crippen LogP contribution in [0.5, 0.6) is 11.5 Å². The van der Waals surface area contributed by atoms with Crippen molar-refractivity contribution in [3.8, 4) is 11.5 Å². The summed E-state index contributed by atoms with van der Waals surface area (Å²) in [6.45, 7) is 0. The number of hydrogen-bond acceptors (Lipinski definition) is 4. The first-order valence-electron chi connectivity index (χ1n) is 6.60. The fraction of sp³-hybridized carbons (Fsp3) is 0.176. The average molecular weight is 300 g/mol. The summed E-state index contributed by atoms with van der Waals surface area (Å²) < 4.78 is 11.7. The maximum atomic E-state index is 10.7. The minimum Gasteiger partial charge on any atom is -0.497 e. The fourth-order valence-electron chi connectivity index (χ4n) is 2.42. The summed E-state index contributed by atoms with van der Waals surface area (Å²) in [4.78, 5) is 0. The number of methoxy groups -OCH3 is 2. The average Bonchev–Trinajstić information content (AvgIpc) is 2.97. The van der Waals surface area contributed by atoms with Crippen LogP contribution in [0.15, 0.2) is 47.8 Å². The van der Waals surface area contributed by atoms with Gasteiger partial charge in [0, 0.05) is 21.9 Å². The highest BCUT2D eigenvalue weighted by molar-refractivity contribution is 7.17. The minimum absolute atomic E-state index is 0.622. The van der Waals surface area contributed by atoms with E-state index in [-0.39, 0.29) is 0 Å². The molecule has 0 radical (unpaired) electrons. The fourth-order valence-corrected chi connectivity index (χ4v) is 3.40. The van der Waals surface area contributed by atoms with E-state index in [1.165, 1.54) is 4.70 Å². The van der Waals surface area contributed by atoms with Gasteiger partial charge in [0.1, 0.15) is 17.6 Å². The number of aliphatic hydroxyl groups excluding tert-OH is 1. The second-order valence-electron chi connectivity index (χ2n) is 4.70. The van der Waals surface area contributed by atoms with E-state index in [1.807, 2.05) is 35.7 Å².